The number of anilines is 1. The maximum Gasteiger partial charge on any atom is 0.244 e. The zero-order valence-corrected chi connectivity index (χ0v) is 19.1. The van der Waals surface area contributed by atoms with Crippen LogP contribution in [0.1, 0.15) is 32.8 Å². The fourth-order valence-electron chi connectivity index (χ4n) is 2.86. The van der Waals surface area contributed by atoms with Crippen molar-refractivity contribution < 1.29 is 17.9 Å². The molecular formula is C21H24N4O4S2. The van der Waals surface area contributed by atoms with E-state index in [4.69, 9.17) is 4.74 Å². The molecule has 2 N–H and O–H groups in total. The van der Waals surface area contributed by atoms with Gasteiger partial charge in [0.2, 0.25) is 15.8 Å². The predicted molar refractivity (Wildman–Crippen MR) is 121 cm³/mol. The molecule has 0 bridgehead atoms. The number of ether oxygens (including phenoxy) is 1. The Labute approximate surface area is 185 Å². The van der Waals surface area contributed by atoms with Crippen molar-refractivity contribution >= 4 is 32.3 Å². The SMILES string of the molecule is COc1ccc(C)cc1S(=O)(=O)NCCCNc1ncc(C(=O)c2cnccc2C)s1. The monoisotopic (exact) mass is 460 g/mol. The van der Waals surface area contributed by atoms with E-state index in [1.807, 2.05) is 13.8 Å². The summed E-state index contributed by atoms with van der Waals surface area (Å²) < 4.78 is 32.9. The second-order valence-corrected chi connectivity index (χ2v) is 9.65. The maximum absolute atomic E-state index is 12.6. The molecule has 10 heteroatoms. The van der Waals surface area contributed by atoms with Gasteiger partial charge in [-0.1, -0.05) is 17.4 Å². The zero-order chi connectivity index (χ0) is 22.4. The molecule has 0 spiro atoms. The molecule has 0 fully saturated rings. The van der Waals surface area contributed by atoms with Crippen LogP contribution in [-0.4, -0.2) is 44.4 Å². The van der Waals surface area contributed by atoms with Crippen molar-refractivity contribution in [3.05, 3.63) is 64.4 Å². The number of aromatic nitrogens is 2. The number of nitrogens with one attached hydrogen (secondary N) is 2. The number of thiazole rings is 1. The fraction of sp³-hybridized carbons (Fsp3) is 0.286. The van der Waals surface area contributed by atoms with Crippen molar-refractivity contribution in [2.75, 3.05) is 25.5 Å². The summed E-state index contributed by atoms with van der Waals surface area (Å²) in [7, 11) is -2.24. The molecule has 1 aromatic carbocycles. The Balaban J connectivity index is 1.51. The number of methoxy groups -OCH3 is 1. The first kappa shape index (κ1) is 22.9. The normalized spacial score (nSPS) is 11.3. The van der Waals surface area contributed by atoms with Crippen molar-refractivity contribution in [1.29, 1.82) is 0 Å². The third kappa shape index (κ3) is 5.66. The van der Waals surface area contributed by atoms with Gasteiger partial charge in [-0.05, 0) is 49.6 Å². The molecule has 0 atom stereocenters. The number of rotatable bonds is 10. The fourth-order valence-corrected chi connectivity index (χ4v) is 4.98. The van der Waals surface area contributed by atoms with Gasteiger partial charge in [-0.2, -0.15) is 0 Å². The van der Waals surface area contributed by atoms with Gasteiger partial charge in [0.05, 0.1) is 18.2 Å². The van der Waals surface area contributed by atoms with Crippen molar-refractivity contribution in [2.45, 2.75) is 25.2 Å². The van der Waals surface area contributed by atoms with Gasteiger partial charge in [0, 0.05) is 31.0 Å². The van der Waals surface area contributed by atoms with Crippen LogP contribution in [0.15, 0.2) is 47.8 Å². The smallest absolute Gasteiger partial charge is 0.244 e. The average Bonchev–Trinajstić information content (AvgIpc) is 3.22. The predicted octanol–water partition coefficient (Wildman–Crippen LogP) is 3.18. The Morgan fingerprint density at radius 1 is 1.16 bits per heavy atom. The van der Waals surface area contributed by atoms with Gasteiger partial charge in [0.25, 0.3) is 0 Å². The quantitative estimate of drug-likeness (QED) is 0.353. The number of nitrogens with zero attached hydrogens (tertiary/aromatic N) is 2. The molecule has 0 aliphatic rings. The summed E-state index contributed by atoms with van der Waals surface area (Å²) in [6.07, 6.45) is 5.28. The summed E-state index contributed by atoms with van der Waals surface area (Å²) in [6, 6.07) is 6.81. The lowest BCUT2D eigenvalue weighted by Gasteiger charge is -2.11. The summed E-state index contributed by atoms with van der Waals surface area (Å²) in [4.78, 5) is 21.5. The van der Waals surface area contributed by atoms with E-state index in [-0.39, 0.29) is 17.2 Å². The lowest BCUT2D eigenvalue weighted by atomic mass is 10.1. The summed E-state index contributed by atoms with van der Waals surface area (Å²) >= 11 is 1.26. The number of sulfonamides is 1. The molecule has 164 valence electrons. The Bertz CT molecular complexity index is 1180. The highest BCUT2D eigenvalue weighted by atomic mass is 32.2. The van der Waals surface area contributed by atoms with Gasteiger partial charge in [-0.3, -0.25) is 9.78 Å². The Kier molecular flexibility index (Phi) is 7.37. The highest BCUT2D eigenvalue weighted by molar-refractivity contribution is 7.89. The van der Waals surface area contributed by atoms with Crippen LogP contribution in [0.5, 0.6) is 5.75 Å². The number of pyridine rings is 1. The number of benzene rings is 1. The average molecular weight is 461 g/mol. The first-order chi connectivity index (χ1) is 14.8. The Hall–Kier alpha value is -2.82. The minimum atomic E-state index is -3.68. The third-order valence-corrected chi connectivity index (χ3v) is 6.98. The molecule has 0 radical (unpaired) electrons. The second-order valence-electron chi connectivity index (χ2n) is 6.88. The first-order valence-electron chi connectivity index (χ1n) is 9.61. The van der Waals surface area contributed by atoms with Crippen LogP contribution in [0, 0.1) is 13.8 Å². The third-order valence-electron chi connectivity index (χ3n) is 4.54. The van der Waals surface area contributed by atoms with Gasteiger partial charge in [-0.25, -0.2) is 18.1 Å². The van der Waals surface area contributed by atoms with Gasteiger partial charge >= 0.3 is 0 Å². The van der Waals surface area contributed by atoms with Gasteiger partial charge in [-0.15, -0.1) is 0 Å². The van der Waals surface area contributed by atoms with Crippen LogP contribution in [0.3, 0.4) is 0 Å². The molecule has 2 heterocycles. The molecule has 0 amide bonds. The van der Waals surface area contributed by atoms with Crippen LogP contribution in [-0.2, 0) is 10.0 Å². The van der Waals surface area contributed by atoms with Crippen LogP contribution >= 0.6 is 11.3 Å². The number of carbonyl (C=O) groups is 1. The van der Waals surface area contributed by atoms with E-state index in [9.17, 15) is 13.2 Å². The number of hydrogen-bond donors (Lipinski definition) is 2. The minimum absolute atomic E-state index is 0.115. The molecule has 0 aliphatic heterocycles. The van der Waals surface area contributed by atoms with Gasteiger partial charge in [0.15, 0.2) is 5.13 Å². The van der Waals surface area contributed by atoms with E-state index in [0.717, 1.165) is 11.1 Å². The van der Waals surface area contributed by atoms with Crippen LogP contribution < -0.4 is 14.8 Å². The van der Waals surface area contributed by atoms with Gasteiger partial charge in [0.1, 0.15) is 10.6 Å². The highest BCUT2D eigenvalue weighted by Crippen LogP contribution is 2.25. The lowest BCUT2D eigenvalue weighted by Crippen LogP contribution is -2.26. The topological polar surface area (TPSA) is 110 Å². The molecule has 0 unspecified atom stereocenters. The summed E-state index contributed by atoms with van der Waals surface area (Å²) in [5, 5.41) is 3.73. The number of hydrogen-bond acceptors (Lipinski definition) is 8. The van der Waals surface area contributed by atoms with E-state index < -0.39 is 10.0 Å². The molecule has 0 saturated carbocycles. The van der Waals surface area contributed by atoms with Gasteiger partial charge < -0.3 is 10.1 Å². The minimum Gasteiger partial charge on any atom is -0.495 e. The van der Waals surface area contributed by atoms with E-state index in [2.05, 4.69) is 20.0 Å². The van der Waals surface area contributed by atoms with Crippen LogP contribution in [0.4, 0.5) is 5.13 Å². The van der Waals surface area contributed by atoms with E-state index in [1.54, 1.807) is 36.7 Å². The van der Waals surface area contributed by atoms with Crippen molar-refractivity contribution in [3.63, 3.8) is 0 Å². The Morgan fingerprint density at radius 2 is 1.97 bits per heavy atom. The van der Waals surface area contributed by atoms with Crippen LogP contribution in [0.2, 0.25) is 0 Å². The molecule has 0 aliphatic carbocycles. The highest BCUT2D eigenvalue weighted by Gasteiger charge is 2.19. The standard InChI is InChI=1S/C21H24N4O4S2/c1-14-5-6-17(29-3)19(11-14)31(27,28)25-9-4-8-23-21-24-13-18(30-21)20(26)16-12-22-10-7-15(16)2/h5-7,10-13,25H,4,8-9H2,1-3H3,(H,23,24). The molecule has 2 aromatic heterocycles. The van der Waals surface area contributed by atoms with E-state index >= 15 is 0 Å². The van der Waals surface area contributed by atoms with Crippen molar-refractivity contribution in [3.8, 4) is 5.75 Å². The number of ketones is 1. The summed E-state index contributed by atoms with van der Waals surface area (Å²) in [6.45, 7) is 4.44. The van der Waals surface area contributed by atoms with E-state index in [0.29, 0.717) is 34.3 Å². The molecule has 3 aromatic rings. The molecule has 31 heavy (non-hydrogen) atoms. The lowest BCUT2D eigenvalue weighted by molar-refractivity contribution is 0.104. The largest absolute Gasteiger partial charge is 0.495 e. The first-order valence-corrected chi connectivity index (χ1v) is 11.9. The Morgan fingerprint density at radius 3 is 2.71 bits per heavy atom. The van der Waals surface area contributed by atoms with E-state index in [1.165, 1.54) is 24.6 Å². The molecule has 3 rings (SSSR count). The maximum atomic E-state index is 12.6. The molecule has 0 saturated heterocycles. The van der Waals surface area contributed by atoms with Crippen molar-refractivity contribution in [1.82, 2.24) is 14.7 Å². The van der Waals surface area contributed by atoms with Crippen LogP contribution in [0.25, 0.3) is 0 Å². The molecule has 8 nitrogen and oxygen atoms in total. The summed E-state index contributed by atoms with van der Waals surface area (Å²) in [5.74, 6) is 0.191. The van der Waals surface area contributed by atoms with Crippen molar-refractivity contribution in [2.24, 2.45) is 0 Å². The number of carbonyl (C=O) groups excluding carboxylic acids is 1. The molecular weight excluding hydrogens is 436 g/mol. The number of aryl methyl sites for hydroxylation is 2. The second kappa shape index (κ2) is 9.99. The zero-order valence-electron chi connectivity index (χ0n) is 17.5. The summed E-state index contributed by atoms with van der Waals surface area (Å²) in [5.41, 5.74) is 2.25.